The molecule has 1 amide bonds. The highest BCUT2D eigenvalue weighted by Crippen LogP contribution is 2.17. The van der Waals surface area contributed by atoms with Gasteiger partial charge in [-0.25, -0.2) is 9.37 Å². The van der Waals surface area contributed by atoms with Gasteiger partial charge in [0, 0.05) is 16.6 Å². The van der Waals surface area contributed by atoms with Crippen molar-refractivity contribution in [3.8, 4) is 5.75 Å². The zero-order valence-electron chi connectivity index (χ0n) is 14.9. The van der Waals surface area contributed by atoms with Gasteiger partial charge in [-0.15, -0.1) is 0 Å². The molecule has 1 heterocycles. The average molecular weight is 372 g/mol. The summed E-state index contributed by atoms with van der Waals surface area (Å²) in [5.41, 5.74) is 2.62. The number of ether oxygens (including phenoxy) is 1. The van der Waals surface area contributed by atoms with Crippen LogP contribution in [0.15, 0.2) is 84.9 Å². The van der Waals surface area contributed by atoms with E-state index in [1.54, 1.807) is 36.4 Å². The molecule has 28 heavy (non-hydrogen) atoms. The number of hydrogen-bond donors (Lipinski definition) is 1. The third-order valence-electron chi connectivity index (χ3n) is 4.24. The number of nitrogens with zero attached hydrogens (tertiary/aromatic N) is 1. The second-order valence-electron chi connectivity index (χ2n) is 6.27. The Morgan fingerprint density at radius 3 is 2.57 bits per heavy atom. The lowest BCUT2D eigenvalue weighted by Crippen LogP contribution is -2.11. The van der Waals surface area contributed by atoms with Crippen molar-refractivity contribution in [2.45, 2.75) is 6.61 Å². The molecule has 4 rings (SSSR count). The van der Waals surface area contributed by atoms with E-state index in [2.05, 4.69) is 10.3 Å². The van der Waals surface area contributed by atoms with E-state index < -0.39 is 5.82 Å². The van der Waals surface area contributed by atoms with E-state index in [9.17, 15) is 9.18 Å². The smallest absolute Gasteiger partial charge is 0.255 e. The standard InChI is InChI=1S/C23H17FN2O2/c24-18-5-3-6-19(14-18)26-23(27)17-9-12-21(13-10-17)28-15-20-11-8-16-4-1-2-7-22(16)25-20/h1-14H,15H2,(H,26,27). The molecule has 1 aromatic heterocycles. The normalized spacial score (nSPS) is 10.6. The highest BCUT2D eigenvalue weighted by atomic mass is 19.1. The van der Waals surface area contributed by atoms with Crippen molar-refractivity contribution in [3.63, 3.8) is 0 Å². The maximum absolute atomic E-state index is 13.2. The van der Waals surface area contributed by atoms with E-state index in [-0.39, 0.29) is 5.91 Å². The van der Waals surface area contributed by atoms with Crippen LogP contribution in [0.25, 0.3) is 10.9 Å². The van der Waals surface area contributed by atoms with Gasteiger partial charge in [0.25, 0.3) is 5.91 Å². The SMILES string of the molecule is O=C(Nc1cccc(F)c1)c1ccc(OCc2ccc3ccccc3n2)cc1. The van der Waals surface area contributed by atoms with Crippen LogP contribution in [0.4, 0.5) is 10.1 Å². The molecule has 0 aliphatic heterocycles. The van der Waals surface area contributed by atoms with Crippen molar-refractivity contribution in [3.05, 3.63) is 102 Å². The van der Waals surface area contributed by atoms with Crippen molar-refractivity contribution >= 4 is 22.5 Å². The Morgan fingerprint density at radius 2 is 1.75 bits per heavy atom. The Balaban J connectivity index is 1.39. The number of anilines is 1. The van der Waals surface area contributed by atoms with Crippen molar-refractivity contribution < 1.29 is 13.9 Å². The van der Waals surface area contributed by atoms with Gasteiger partial charge in [-0.05, 0) is 54.6 Å². The summed E-state index contributed by atoms with van der Waals surface area (Å²) in [5.74, 6) is -0.0746. The van der Waals surface area contributed by atoms with E-state index >= 15 is 0 Å². The fourth-order valence-corrected chi connectivity index (χ4v) is 2.82. The van der Waals surface area contributed by atoms with E-state index in [0.29, 0.717) is 23.6 Å². The fourth-order valence-electron chi connectivity index (χ4n) is 2.82. The molecule has 0 unspecified atom stereocenters. The molecule has 5 heteroatoms. The third kappa shape index (κ3) is 4.15. The largest absolute Gasteiger partial charge is 0.487 e. The van der Waals surface area contributed by atoms with E-state index in [1.807, 2.05) is 36.4 Å². The van der Waals surface area contributed by atoms with Crippen LogP contribution in [0.1, 0.15) is 16.1 Å². The maximum atomic E-state index is 13.2. The second-order valence-corrected chi connectivity index (χ2v) is 6.27. The molecule has 0 bridgehead atoms. The number of nitrogens with one attached hydrogen (secondary N) is 1. The molecule has 0 aliphatic carbocycles. The number of para-hydroxylation sites is 1. The number of aromatic nitrogens is 1. The lowest BCUT2D eigenvalue weighted by molar-refractivity contribution is 0.102. The molecular formula is C23H17FN2O2. The second kappa shape index (κ2) is 7.88. The molecule has 0 fully saturated rings. The van der Waals surface area contributed by atoms with Crippen molar-refractivity contribution in [2.24, 2.45) is 0 Å². The zero-order chi connectivity index (χ0) is 19.3. The van der Waals surface area contributed by atoms with Gasteiger partial charge in [-0.3, -0.25) is 4.79 Å². The first kappa shape index (κ1) is 17.7. The van der Waals surface area contributed by atoms with Gasteiger partial charge < -0.3 is 10.1 Å². The first-order valence-electron chi connectivity index (χ1n) is 8.82. The maximum Gasteiger partial charge on any atom is 0.255 e. The number of pyridine rings is 1. The monoisotopic (exact) mass is 372 g/mol. The number of rotatable bonds is 5. The Bertz CT molecular complexity index is 1130. The molecular weight excluding hydrogens is 355 g/mol. The predicted molar refractivity (Wildman–Crippen MR) is 107 cm³/mol. The minimum Gasteiger partial charge on any atom is -0.487 e. The summed E-state index contributed by atoms with van der Waals surface area (Å²) in [6.07, 6.45) is 0. The highest BCUT2D eigenvalue weighted by molar-refractivity contribution is 6.04. The lowest BCUT2D eigenvalue weighted by Gasteiger charge is -2.08. The van der Waals surface area contributed by atoms with Gasteiger partial charge in [0.1, 0.15) is 18.2 Å². The molecule has 138 valence electrons. The number of carbonyl (C=O) groups excluding carboxylic acids is 1. The lowest BCUT2D eigenvalue weighted by atomic mass is 10.2. The summed E-state index contributed by atoms with van der Waals surface area (Å²) in [6, 6.07) is 24.4. The summed E-state index contributed by atoms with van der Waals surface area (Å²) in [7, 11) is 0. The molecule has 0 aliphatic rings. The molecule has 0 atom stereocenters. The average Bonchev–Trinajstić information content (AvgIpc) is 2.72. The minimum atomic E-state index is -0.399. The van der Waals surface area contributed by atoms with E-state index in [4.69, 9.17) is 4.74 Å². The van der Waals surface area contributed by atoms with Gasteiger partial charge in [0.05, 0.1) is 11.2 Å². The van der Waals surface area contributed by atoms with Crippen molar-refractivity contribution in [1.82, 2.24) is 4.98 Å². The van der Waals surface area contributed by atoms with Crippen LogP contribution < -0.4 is 10.1 Å². The van der Waals surface area contributed by atoms with Crippen LogP contribution in [-0.4, -0.2) is 10.9 Å². The summed E-state index contributed by atoms with van der Waals surface area (Å²) >= 11 is 0. The van der Waals surface area contributed by atoms with Crippen LogP contribution in [0.3, 0.4) is 0 Å². The first-order chi connectivity index (χ1) is 13.7. The predicted octanol–water partition coefficient (Wildman–Crippen LogP) is 5.21. The number of carbonyl (C=O) groups is 1. The Kier molecular flexibility index (Phi) is 4.97. The van der Waals surface area contributed by atoms with Crippen molar-refractivity contribution in [2.75, 3.05) is 5.32 Å². The molecule has 0 radical (unpaired) electrons. The molecule has 1 N–H and O–H groups in total. The summed E-state index contributed by atoms with van der Waals surface area (Å²) in [5, 5.41) is 3.75. The molecule has 0 saturated carbocycles. The number of hydrogen-bond acceptors (Lipinski definition) is 3. The van der Waals surface area contributed by atoms with Gasteiger partial charge in [-0.2, -0.15) is 0 Å². The van der Waals surface area contributed by atoms with Gasteiger partial charge in [0.15, 0.2) is 0 Å². The quantitative estimate of drug-likeness (QED) is 0.523. The molecule has 0 spiro atoms. The molecule has 0 saturated heterocycles. The van der Waals surface area contributed by atoms with Crippen LogP contribution in [0.5, 0.6) is 5.75 Å². The molecule has 4 aromatic rings. The van der Waals surface area contributed by atoms with Crippen LogP contribution in [-0.2, 0) is 6.61 Å². The third-order valence-corrected chi connectivity index (χ3v) is 4.24. The van der Waals surface area contributed by atoms with Gasteiger partial charge in [-0.1, -0.05) is 30.3 Å². The van der Waals surface area contributed by atoms with E-state index in [0.717, 1.165) is 16.6 Å². The minimum absolute atomic E-state index is 0.312. The Morgan fingerprint density at radius 1 is 0.929 bits per heavy atom. The van der Waals surface area contributed by atoms with E-state index in [1.165, 1.54) is 12.1 Å². The molecule has 3 aromatic carbocycles. The Hall–Kier alpha value is -3.73. The number of halogens is 1. The first-order valence-corrected chi connectivity index (χ1v) is 8.82. The zero-order valence-corrected chi connectivity index (χ0v) is 14.9. The summed E-state index contributed by atoms with van der Waals surface area (Å²) in [4.78, 5) is 16.8. The fraction of sp³-hybridized carbons (Fsp3) is 0.0435. The number of benzene rings is 3. The number of amides is 1. The van der Waals surface area contributed by atoms with Crippen LogP contribution in [0.2, 0.25) is 0 Å². The number of fused-ring (bicyclic) bond motifs is 1. The topological polar surface area (TPSA) is 51.2 Å². The molecule has 4 nitrogen and oxygen atoms in total. The summed E-state index contributed by atoms with van der Waals surface area (Å²) in [6.45, 7) is 0.333. The van der Waals surface area contributed by atoms with Crippen LogP contribution in [0, 0.1) is 5.82 Å². The van der Waals surface area contributed by atoms with Crippen LogP contribution >= 0.6 is 0 Å². The highest BCUT2D eigenvalue weighted by Gasteiger charge is 2.07. The Labute approximate surface area is 161 Å². The van der Waals surface area contributed by atoms with Gasteiger partial charge in [0.2, 0.25) is 0 Å². The van der Waals surface area contributed by atoms with Gasteiger partial charge >= 0.3 is 0 Å². The van der Waals surface area contributed by atoms with Crippen molar-refractivity contribution in [1.29, 1.82) is 0 Å². The summed E-state index contributed by atoms with van der Waals surface area (Å²) < 4.78 is 19.0.